The summed E-state index contributed by atoms with van der Waals surface area (Å²) in [4.78, 5) is 14.3. The summed E-state index contributed by atoms with van der Waals surface area (Å²) in [5.74, 6) is -0.186. The van der Waals surface area contributed by atoms with Gasteiger partial charge in [0.2, 0.25) is 5.91 Å². The maximum Gasteiger partial charge on any atom is 0.226 e. The highest BCUT2D eigenvalue weighted by Crippen LogP contribution is 2.29. The fourth-order valence-corrected chi connectivity index (χ4v) is 3.92. The number of likely N-dealkylation sites (N-methyl/N-ethyl adjacent to an activating group) is 1. The van der Waals surface area contributed by atoms with E-state index < -0.39 is 0 Å². The molecule has 0 spiro atoms. The molecule has 2 fully saturated rings. The minimum absolute atomic E-state index is 0.111. The number of rotatable bonds is 3. The van der Waals surface area contributed by atoms with Gasteiger partial charge in [-0.2, -0.15) is 0 Å². The molecule has 0 aromatic heterocycles. The highest BCUT2D eigenvalue weighted by molar-refractivity contribution is 9.10. The maximum atomic E-state index is 13.2. The Balaban J connectivity index is 1.63. The third-order valence-corrected chi connectivity index (χ3v) is 5.34. The van der Waals surface area contributed by atoms with Crippen molar-refractivity contribution in [1.82, 2.24) is 10.2 Å². The van der Waals surface area contributed by atoms with Gasteiger partial charge in [-0.15, -0.1) is 0 Å². The Hall–Kier alpha value is -0.940. The fraction of sp³-hybridized carbons (Fsp3) is 0.562. The molecule has 1 N–H and O–H groups in total. The fourth-order valence-electron chi connectivity index (χ4n) is 3.50. The summed E-state index contributed by atoms with van der Waals surface area (Å²) in [5, 5.41) is 3.59. The number of piperidine rings is 1. The van der Waals surface area contributed by atoms with Gasteiger partial charge < -0.3 is 10.2 Å². The van der Waals surface area contributed by atoms with Gasteiger partial charge in [-0.05, 0) is 59.3 Å². The number of hydrogen-bond donors (Lipinski definition) is 1. The van der Waals surface area contributed by atoms with E-state index in [1.54, 1.807) is 12.1 Å². The minimum Gasteiger partial charge on any atom is -0.342 e. The molecule has 5 heteroatoms. The summed E-state index contributed by atoms with van der Waals surface area (Å²) in [6, 6.07) is 6.25. The van der Waals surface area contributed by atoms with E-state index in [2.05, 4.69) is 21.2 Å². The third-order valence-electron chi connectivity index (χ3n) is 4.73. The molecule has 21 heavy (non-hydrogen) atoms. The van der Waals surface area contributed by atoms with Crippen LogP contribution in [0.25, 0.3) is 0 Å². The summed E-state index contributed by atoms with van der Waals surface area (Å²) < 4.78 is 13.6. The van der Waals surface area contributed by atoms with Crippen molar-refractivity contribution in [2.75, 3.05) is 7.05 Å². The van der Waals surface area contributed by atoms with Crippen LogP contribution in [0, 0.1) is 5.82 Å². The normalized spacial score (nSPS) is 27.7. The highest BCUT2D eigenvalue weighted by Gasteiger charge is 2.36. The molecule has 114 valence electrons. The van der Waals surface area contributed by atoms with Crippen LogP contribution in [0.2, 0.25) is 0 Å². The van der Waals surface area contributed by atoms with Crippen LogP contribution >= 0.6 is 15.9 Å². The maximum absolute atomic E-state index is 13.2. The second-order valence-electron chi connectivity index (χ2n) is 6.19. The minimum atomic E-state index is -0.297. The summed E-state index contributed by atoms with van der Waals surface area (Å²) in [6.45, 7) is 0. The summed E-state index contributed by atoms with van der Waals surface area (Å²) in [6.07, 6.45) is 4.88. The predicted molar refractivity (Wildman–Crippen MR) is 83.5 cm³/mol. The number of hydrogen-bond acceptors (Lipinski definition) is 2. The third kappa shape index (κ3) is 3.29. The van der Waals surface area contributed by atoms with Crippen LogP contribution in [0.15, 0.2) is 22.7 Å². The SMILES string of the molecule is CN(C(=O)Cc1ccc(F)c(Br)c1)C1CC2CCC(C1)N2. The molecule has 2 atom stereocenters. The van der Waals surface area contributed by atoms with Crippen molar-refractivity contribution in [3.63, 3.8) is 0 Å². The van der Waals surface area contributed by atoms with E-state index in [4.69, 9.17) is 0 Å². The molecule has 1 aromatic carbocycles. The second kappa shape index (κ2) is 6.05. The lowest BCUT2D eigenvalue weighted by Crippen LogP contribution is -2.49. The van der Waals surface area contributed by atoms with Gasteiger partial charge in [0.15, 0.2) is 0 Å². The smallest absolute Gasteiger partial charge is 0.226 e. The first-order chi connectivity index (χ1) is 10.0. The van der Waals surface area contributed by atoms with Gasteiger partial charge in [0.25, 0.3) is 0 Å². The molecular weight excluding hydrogens is 335 g/mol. The molecular formula is C16H20BrFN2O. The van der Waals surface area contributed by atoms with E-state index in [1.165, 1.54) is 18.9 Å². The Kier molecular flexibility index (Phi) is 4.31. The Morgan fingerprint density at radius 3 is 2.67 bits per heavy atom. The zero-order valence-electron chi connectivity index (χ0n) is 12.1. The van der Waals surface area contributed by atoms with Crippen LogP contribution in [-0.4, -0.2) is 36.0 Å². The average Bonchev–Trinajstić information content (AvgIpc) is 2.80. The van der Waals surface area contributed by atoms with Crippen LogP contribution in [0.5, 0.6) is 0 Å². The molecule has 0 saturated carbocycles. The number of benzene rings is 1. The first kappa shape index (κ1) is 15.0. The van der Waals surface area contributed by atoms with Crippen molar-refractivity contribution in [1.29, 1.82) is 0 Å². The first-order valence-corrected chi connectivity index (χ1v) is 8.28. The predicted octanol–water partition coefficient (Wildman–Crippen LogP) is 2.87. The van der Waals surface area contributed by atoms with Gasteiger partial charge in [-0.3, -0.25) is 4.79 Å². The van der Waals surface area contributed by atoms with Gasteiger partial charge in [-0.25, -0.2) is 4.39 Å². The van der Waals surface area contributed by atoms with Gasteiger partial charge in [0.1, 0.15) is 5.82 Å². The Bertz CT molecular complexity index is 539. The quantitative estimate of drug-likeness (QED) is 0.904. The molecule has 3 nitrogen and oxygen atoms in total. The van der Waals surface area contributed by atoms with E-state index in [1.807, 2.05) is 11.9 Å². The molecule has 1 amide bonds. The van der Waals surface area contributed by atoms with Crippen molar-refractivity contribution < 1.29 is 9.18 Å². The van der Waals surface area contributed by atoms with Crippen molar-refractivity contribution in [2.45, 2.75) is 50.2 Å². The van der Waals surface area contributed by atoms with E-state index in [0.29, 0.717) is 29.0 Å². The average molecular weight is 355 g/mol. The number of amides is 1. The van der Waals surface area contributed by atoms with Gasteiger partial charge in [0, 0.05) is 25.2 Å². The van der Waals surface area contributed by atoms with Crippen LogP contribution in [-0.2, 0) is 11.2 Å². The first-order valence-electron chi connectivity index (χ1n) is 7.48. The lowest BCUT2D eigenvalue weighted by Gasteiger charge is -2.35. The standard InChI is InChI=1S/C16H20BrFN2O/c1-20(13-8-11-3-4-12(9-13)19-11)16(21)7-10-2-5-15(18)14(17)6-10/h2,5-6,11-13,19H,3-4,7-9H2,1H3. The molecule has 0 aliphatic carbocycles. The molecule has 2 unspecified atom stereocenters. The van der Waals surface area contributed by atoms with Gasteiger partial charge in [0.05, 0.1) is 10.9 Å². The summed E-state index contributed by atoms with van der Waals surface area (Å²) in [5.41, 5.74) is 0.844. The van der Waals surface area contributed by atoms with E-state index in [0.717, 1.165) is 18.4 Å². The molecule has 1 aromatic rings. The number of halogens is 2. The number of carbonyl (C=O) groups is 1. The molecule has 2 aliphatic rings. The monoisotopic (exact) mass is 354 g/mol. The lowest BCUT2D eigenvalue weighted by molar-refractivity contribution is -0.131. The van der Waals surface area contributed by atoms with E-state index >= 15 is 0 Å². The highest BCUT2D eigenvalue weighted by atomic mass is 79.9. The second-order valence-corrected chi connectivity index (χ2v) is 7.05. The van der Waals surface area contributed by atoms with Crippen LogP contribution in [0.4, 0.5) is 4.39 Å². The molecule has 0 radical (unpaired) electrons. The number of carbonyl (C=O) groups excluding carboxylic acids is 1. The van der Waals surface area contributed by atoms with Crippen molar-refractivity contribution in [3.8, 4) is 0 Å². The van der Waals surface area contributed by atoms with Crippen LogP contribution in [0.1, 0.15) is 31.2 Å². The number of nitrogens with one attached hydrogen (secondary N) is 1. The Morgan fingerprint density at radius 1 is 1.38 bits per heavy atom. The Labute approximate surface area is 133 Å². The lowest BCUT2D eigenvalue weighted by atomic mass is 9.98. The Morgan fingerprint density at radius 2 is 2.05 bits per heavy atom. The van der Waals surface area contributed by atoms with Gasteiger partial charge in [-0.1, -0.05) is 6.07 Å². The largest absolute Gasteiger partial charge is 0.342 e. The summed E-state index contributed by atoms with van der Waals surface area (Å²) in [7, 11) is 1.90. The molecule has 3 rings (SSSR count). The van der Waals surface area contributed by atoms with Gasteiger partial charge >= 0.3 is 0 Å². The van der Waals surface area contributed by atoms with E-state index in [-0.39, 0.29) is 11.7 Å². The summed E-state index contributed by atoms with van der Waals surface area (Å²) >= 11 is 3.17. The van der Waals surface area contributed by atoms with Crippen molar-refractivity contribution in [2.24, 2.45) is 0 Å². The number of nitrogens with zero attached hydrogens (tertiary/aromatic N) is 1. The molecule has 2 heterocycles. The topological polar surface area (TPSA) is 32.3 Å². The molecule has 2 saturated heterocycles. The molecule has 2 bridgehead atoms. The zero-order chi connectivity index (χ0) is 15.0. The molecule has 2 aliphatic heterocycles. The van der Waals surface area contributed by atoms with Crippen molar-refractivity contribution in [3.05, 3.63) is 34.1 Å². The van der Waals surface area contributed by atoms with Crippen LogP contribution < -0.4 is 5.32 Å². The van der Waals surface area contributed by atoms with Crippen molar-refractivity contribution >= 4 is 21.8 Å². The zero-order valence-corrected chi connectivity index (χ0v) is 13.7. The van der Waals surface area contributed by atoms with Crippen LogP contribution in [0.3, 0.4) is 0 Å². The van der Waals surface area contributed by atoms with E-state index in [9.17, 15) is 9.18 Å². The number of fused-ring (bicyclic) bond motifs is 2.